The maximum absolute atomic E-state index is 14.0. The lowest BCUT2D eigenvalue weighted by Crippen LogP contribution is -2.50. The highest BCUT2D eigenvalue weighted by molar-refractivity contribution is 6.31. The Morgan fingerprint density at radius 1 is 1.03 bits per heavy atom. The number of carbonyl (C=O) groups is 2. The minimum atomic E-state index is -0.597. The van der Waals surface area contributed by atoms with E-state index < -0.39 is 11.7 Å². The molecular weight excluding hydrogens is 433 g/mol. The van der Waals surface area contributed by atoms with Crippen molar-refractivity contribution in [3.63, 3.8) is 0 Å². The van der Waals surface area contributed by atoms with Gasteiger partial charge in [0.05, 0.1) is 11.8 Å². The average molecular weight is 456 g/mol. The summed E-state index contributed by atoms with van der Waals surface area (Å²) in [5.41, 5.74) is 0.922. The molecule has 2 amide bonds. The number of rotatable bonds is 6. The topological polar surface area (TPSA) is 66.7 Å². The van der Waals surface area contributed by atoms with E-state index in [-0.39, 0.29) is 11.5 Å². The van der Waals surface area contributed by atoms with E-state index in [0.717, 1.165) is 5.56 Å². The van der Waals surface area contributed by atoms with E-state index in [1.54, 1.807) is 16.0 Å². The zero-order chi connectivity index (χ0) is 22.5. The highest BCUT2D eigenvalue weighted by atomic mass is 35.5. The molecule has 0 spiro atoms. The van der Waals surface area contributed by atoms with Gasteiger partial charge in [-0.1, -0.05) is 41.9 Å². The fraction of sp³-hybridized carbons (Fsp3) is 0.292. The van der Waals surface area contributed by atoms with Crippen LogP contribution in [0.4, 0.5) is 4.39 Å². The lowest BCUT2D eigenvalue weighted by molar-refractivity contribution is -0.132. The first-order valence-corrected chi connectivity index (χ1v) is 10.9. The van der Waals surface area contributed by atoms with Crippen molar-refractivity contribution in [3.05, 3.63) is 77.0 Å². The third kappa shape index (κ3) is 5.16. The molecule has 0 bridgehead atoms. The summed E-state index contributed by atoms with van der Waals surface area (Å²) in [4.78, 5) is 32.7. The number of nitrogens with zero attached hydrogens (tertiary/aromatic N) is 3. The Kier molecular flexibility index (Phi) is 6.85. The molecule has 1 aliphatic rings. The maximum Gasteiger partial charge on any atom is 0.257 e. The van der Waals surface area contributed by atoms with E-state index in [1.165, 1.54) is 18.2 Å². The van der Waals surface area contributed by atoms with Crippen molar-refractivity contribution < 1.29 is 18.4 Å². The molecule has 1 fully saturated rings. The maximum atomic E-state index is 14.0. The summed E-state index contributed by atoms with van der Waals surface area (Å²) in [5.74, 6) is 0.343. The predicted octanol–water partition coefficient (Wildman–Crippen LogP) is 4.44. The molecular formula is C24H23ClFN3O3. The van der Waals surface area contributed by atoms with E-state index in [4.69, 9.17) is 16.0 Å². The summed E-state index contributed by atoms with van der Waals surface area (Å²) in [5, 5.41) is 0.311. The molecule has 0 N–H and O–H groups in total. The number of hydrogen-bond acceptors (Lipinski definition) is 4. The summed E-state index contributed by atoms with van der Waals surface area (Å²) in [7, 11) is 0. The molecule has 1 saturated heterocycles. The van der Waals surface area contributed by atoms with Crippen LogP contribution in [0.1, 0.15) is 29.1 Å². The molecule has 1 aliphatic heterocycles. The van der Waals surface area contributed by atoms with Gasteiger partial charge in [0.15, 0.2) is 11.7 Å². The Bertz CT molecular complexity index is 1090. The Balaban J connectivity index is 1.23. The third-order valence-electron chi connectivity index (χ3n) is 5.47. The van der Waals surface area contributed by atoms with Crippen LogP contribution in [0.25, 0.3) is 11.3 Å². The molecule has 0 atom stereocenters. The fourth-order valence-corrected chi connectivity index (χ4v) is 3.87. The monoisotopic (exact) mass is 455 g/mol. The molecule has 1 aromatic heterocycles. The number of amides is 2. The van der Waals surface area contributed by atoms with Gasteiger partial charge in [0, 0.05) is 49.6 Å². The lowest BCUT2D eigenvalue weighted by Gasteiger charge is -2.35. The van der Waals surface area contributed by atoms with E-state index in [0.29, 0.717) is 62.1 Å². The highest BCUT2D eigenvalue weighted by Crippen LogP contribution is 2.21. The first-order chi connectivity index (χ1) is 15.5. The minimum Gasteiger partial charge on any atom is -0.441 e. The molecule has 2 aromatic carbocycles. The van der Waals surface area contributed by atoms with Gasteiger partial charge in [-0.2, -0.15) is 0 Å². The van der Waals surface area contributed by atoms with Crippen molar-refractivity contribution >= 4 is 23.4 Å². The van der Waals surface area contributed by atoms with Crippen molar-refractivity contribution in [1.82, 2.24) is 14.8 Å². The van der Waals surface area contributed by atoms with Crippen LogP contribution < -0.4 is 0 Å². The number of benzene rings is 2. The number of piperazine rings is 1. The van der Waals surface area contributed by atoms with Gasteiger partial charge >= 0.3 is 0 Å². The van der Waals surface area contributed by atoms with E-state index in [2.05, 4.69) is 4.98 Å². The van der Waals surface area contributed by atoms with E-state index >= 15 is 0 Å². The second kappa shape index (κ2) is 9.96. The highest BCUT2D eigenvalue weighted by Gasteiger charge is 2.26. The zero-order valence-corrected chi connectivity index (χ0v) is 18.2. The second-order valence-corrected chi connectivity index (χ2v) is 8.07. The smallest absolute Gasteiger partial charge is 0.257 e. The fourth-order valence-electron chi connectivity index (χ4n) is 3.70. The Morgan fingerprint density at radius 3 is 2.50 bits per heavy atom. The standard InChI is InChI=1S/C24H23ClFN3O3/c25-18-9-10-20(26)19(15-18)24(31)29-13-11-28(12-14-29)23(30)8-4-7-22-27-16-21(32-22)17-5-2-1-3-6-17/h1-3,5-6,9-10,15-16H,4,7-8,11-14H2. The largest absolute Gasteiger partial charge is 0.441 e. The average Bonchev–Trinajstić information content (AvgIpc) is 3.30. The summed E-state index contributed by atoms with van der Waals surface area (Å²) in [6.07, 6.45) is 3.27. The lowest BCUT2D eigenvalue weighted by atomic mass is 10.1. The van der Waals surface area contributed by atoms with Gasteiger partial charge in [-0.25, -0.2) is 9.37 Å². The van der Waals surface area contributed by atoms with Gasteiger partial charge < -0.3 is 14.2 Å². The van der Waals surface area contributed by atoms with Crippen LogP contribution in [0.2, 0.25) is 5.02 Å². The minimum absolute atomic E-state index is 0.0286. The van der Waals surface area contributed by atoms with Gasteiger partial charge in [0.2, 0.25) is 5.91 Å². The number of aryl methyl sites for hydroxylation is 1. The number of carbonyl (C=O) groups excluding carboxylic acids is 2. The SMILES string of the molecule is O=C(CCCc1ncc(-c2ccccc2)o1)N1CCN(C(=O)c2cc(Cl)ccc2F)CC1. The zero-order valence-electron chi connectivity index (χ0n) is 17.5. The number of oxazole rings is 1. The van der Waals surface area contributed by atoms with Crippen molar-refractivity contribution in [2.24, 2.45) is 0 Å². The summed E-state index contributed by atoms with van der Waals surface area (Å²) in [6, 6.07) is 13.7. The van der Waals surface area contributed by atoms with Crippen molar-refractivity contribution in [3.8, 4) is 11.3 Å². The summed E-state index contributed by atoms with van der Waals surface area (Å²) >= 11 is 5.89. The Labute approximate surface area is 190 Å². The van der Waals surface area contributed by atoms with Crippen molar-refractivity contribution in [2.45, 2.75) is 19.3 Å². The number of aromatic nitrogens is 1. The molecule has 0 radical (unpaired) electrons. The van der Waals surface area contributed by atoms with Gasteiger partial charge in [0.1, 0.15) is 5.82 Å². The summed E-state index contributed by atoms with van der Waals surface area (Å²) < 4.78 is 19.8. The predicted molar refractivity (Wildman–Crippen MR) is 119 cm³/mol. The number of hydrogen-bond donors (Lipinski definition) is 0. The van der Waals surface area contributed by atoms with Crippen LogP contribution in [0, 0.1) is 5.82 Å². The number of halogens is 2. The first kappa shape index (κ1) is 22.0. The van der Waals surface area contributed by atoms with E-state index in [1.807, 2.05) is 30.3 Å². The molecule has 8 heteroatoms. The van der Waals surface area contributed by atoms with Crippen LogP contribution in [-0.4, -0.2) is 52.8 Å². The van der Waals surface area contributed by atoms with Crippen LogP contribution in [0.5, 0.6) is 0 Å². The molecule has 0 saturated carbocycles. The van der Waals surface area contributed by atoms with Crippen LogP contribution in [0.15, 0.2) is 59.1 Å². The van der Waals surface area contributed by atoms with Crippen molar-refractivity contribution in [1.29, 1.82) is 0 Å². The van der Waals surface area contributed by atoms with Gasteiger partial charge in [0.25, 0.3) is 5.91 Å². The quantitative estimate of drug-likeness (QED) is 0.551. The van der Waals surface area contributed by atoms with E-state index in [9.17, 15) is 14.0 Å². The third-order valence-corrected chi connectivity index (χ3v) is 5.71. The molecule has 6 nitrogen and oxygen atoms in total. The normalized spacial score (nSPS) is 13.9. The molecule has 166 valence electrons. The van der Waals surface area contributed by atoms with Crippen LogP contribution in [-0.2, 0) is 11.2 Å². The van der Waals surface area contributed by atoms with Gasteiger partial charge in [-0.05, 0) is 24.6 Å². The molecule has 4 rings (SSSR count). The second-order valence-electron chi connectivity index (χ2n) is 7.63. The van der Waals surface area contributed by atoms with Gasteiger partial charge in [-0.15, -0.1) is 0 Å². The molecule has 32 heavy (non-hydrogen) atoms. The van der Waals surface area contributed by atoms with Gasteiger partial charge in [-0.3, -0.25) is 9.59 Å². The Hall–Kier alpha value is -3.19. The first-order valence-electron chi connectivity index (χ1n) is 10.5. The molecule has 3 aromatic rings. The van der Waals surface area contributed by atoms with Crippen molar-refractivity contribution in [2.75, 3.05) is 26.2 Å². The Morgan fingerprint density at radius 2 is 1.75 bits per heavy atom. The summed E-state index contributed by atoms with van der Waals surface area (Å²) in [6.45, 7) is 1.56. The molecule has 0 unspecified atom stereocenters. The molecule has 0 aliphatic carbocycles. The van der Waals surface area contributed by atoms with Crippen LogP contribution in [0.3, 0.4) is 0 Å². The molecule has 2 heterocycles. The van der Waals surface area contributed by atoms with Crippen LogP contribution >= 0.6 is 11.6 Å².